The van der Waals surface area contributed by atoms with Gasteiger partial charge in [0, 0.05) is 13.1 Å². The normalized spacial score (nSPS) is 14.4. The average Bonchev–Trinajstić information content (AvgIpc) is 3.32. The van der Waals surface area contributed by atoms with Crippen LogP contribution >= 0.6 is 0 Å². The van der Waals surface area contributed by atoms with E-state index in [0.717, 1.165) is 18.7 Å². The number of nitrogens with zero attached hydrogens (tertiary/aromatic N) is 1. The van der Waals surface area contributed by atoms with E-state index < -0.39 is 11.7 Å². The SMILES string of the molecule is CCN(CC1CC1)C(=O)NCCOc1ccc(C(F)(F)F)cc1. The van der Waals surface area contributed by atoms with Crippen molar-refractivity contribution in [1.29, 1.82) is 0 Å². The number of hydrogen-bond donors (Lipinski definition) is 1. The second-order valence-corrected chi connectivity index (χ2v) is 5.58. The first-order chi connectivity index (χ1) is 10.9. The molecule has 2 rings (SSSR count). The smallest absolute Gasteiger partial charge is 0.416 e. The van der Waals surface area contributed by atoms with Gasteiger partial charge < -0.3 is 15.0 Å². The summed E-state index contributed by atoms with van der Waals surface area (Å²) in [5.74, 6) is 0.974. The molecule has 1 aliphatic carbocycles. The number of halogens is 3. The molecule has 0 spiro atoms. The number of benzene rings is 1. The number of rotatable bonds is 7. The van der Waals surface area contributed by atoms with Crippen LogP contribution in [0.15, 0.2) is 24.3 Å². The second kappa shape index (κ2) is 7.57. The maximum absolute atomic E-state index is 12.4. The van der Waals surface area contributed by atoms with Gasteiger partial charge in [0.2, 0.25) is 0 Å². The van der Waals surface area contributed by atoms with Crippen molar-refractivity contribution in [1.82, 2.24) is 10.2 Å². The van der Waals surface area contributed by atoms with Crippen molar-refractivity contribution < 1.29 is 22.7 Å². The van der Waals surface area contributed by atoms with Gasteiger partial charge in [0.05, 0.1) is 12.1 Å². The molecule has 1 aliphatic rings. The molecule has 1 fully saturated rings. The monoisotopic (exact) mass is 330 g/mol. The highest BCUT2D eigenvalue weighted by atomic mass is 19.4. The molecule has 0 heterocycles. The van der Waals surface area contributed by atoms with Gasteiger partial charge in [-0.05, 0) is 49.9 Å². The minimum absolute atomic E-state index is 0.129. The number of ether oxygens (including phenoxy) is 1. The molecule has 1 aromatic rings. The fraction of sp³-hybridized carbons (Fsp3) is 0.562. The Morgan fingerprint density at radius 3 is 2.48 bits per heavy atom. The molecule has 2 amide bonds. The van der Waals surface area contributed by atoms with Gasteiger partial charge >= 0.3 is 12.2 Å². The fourth-order valence-electron chi connectivity index (χ4n) is 2.15. The third-order valence-corrected chi connectivity index (χ3v) is 3.67. The van der Waals surface area contributed by atoms with Gasteiger partial charge in [-0.2, -0.15) is 13.2 Å². The average molecular weight is 330 g/mol. The van der Waals surface area contributed by atoms with E-state index in [-0.39, 0.29) is 12.6 Å². The predicted octanol–water partition coefficient (Wildman–Crippen LogP) is 3.53. The van der Waals surface area contributed by atoms with E-state index in [1.807, 2.05) is 6.92 Å². The molecule has 0 aliphatic heterocycles. The van der Waals surface area contributed by atoms with Crippen LogP contribution in [0.4, 0.5) is 18.0 Å². The van der Waals surface area contributed by atoms with Crippen LogP contribution in [0.25, 0.3) is 0 Å². The maximum Gasteiger partial charge on any atom is 0.416 e. The zero-order chi connectivity index (χ0) is 16.9. The van der Waals surface area contributed by atoms with Gasteiger partial charge in [0.1, 0.15) is 12.4 Å². The van der Waals surface area contributed by atoms with E-state index in [9.17, 15) is 18.0 Å². The molecule has 0 radical (unpaired) electrons. The number of nitrogens with one attached hydrogen (secondary N) is 1. The van der Waals surface area contributed by atoms with Crippen LogP contribution in [0.3, 0.4) is 0 Å². The van der Waals surface area contributed by atoms with Crippen molar-refractivity contribution in [3.8, 4) is 5.75 Å². The van der Waals surface area contributed by atoms with Crippen molar-refractivity contribution in [3.05, 3.63) is 29.8 Å². The Morgan fingerprint density at radius 1 is 1.30 bits per heavy atom. The van der Waals surface area contributed by atoms with Crippen LogP contribution in [0, 0.1) is 5.92 Å². The van der Waals surface area contributed by atoms with Crippen molar-refractivity contribution in [2.45, 2.75) is 25.9 Å². The number of carbonyl (C=O) groups excluding carboxylic acids is 1. The van der Waals surface area contributed by atoms with E-state index in [0.29, 0.717) is 24.8 Å². The van der Waals surface area contributed by atoms with E-state index >= 15 is 0 Å². The lowest BCUT2D eigenvalue weighted by molar-refractivity contribution is -0.137. The summed E-state index contributed by atoms with van der Waals surface area (Å²) in [6.07, 6.45) is -1.99. The standard InChI is InChI=1S/C16H21F3N2O2/c1-2-21(11-12-3-4-12)15(22)20-9-10-23-14-7-5-13(6-8-14)16(17,18)19/h5-8,12H,2-4,9-11H2,1H3,(H,20,22). The summed E-state index contributed by atoms with van der Waals surface area (Å²) < 4.78 is 42.6. The zero-order valence-corrected chi connectivity index (χ0v) is 13.0. The minimum Gasteiger partial charge on any atom is -0.492 e. The first kappa shape index (κ1) is 17.4. The van der Waals surface area contributed by atoms with Crippen molar-refractivity contribution in [2.75, 3.05) is 26.2 Å². The quantitative estimate of drug-likeness (QED) is 0.777. The molecule has 1 aromatic carbocycles. The molecule has 1 saturated carbocycles. The molecule has 4 nitrogen and oxygen atoms in total. The Morgan fingerprint density at radius 2 is 1.96 bits per heavy atom. The number of hydrogen-bond acceptors (Lipinski definition) is 2. The lowest BCUT2D eigenvalue weighted by Crippen LogP contribution is -2.42. The predicted molar refractivity (Wildman–Crippen MR) is 80.3 cm³/mol. The van der Waals surface area contributed by atoms with Crippen LogP contribution < -0.4 is 10.1 Å². The van der Waals surface area contributed by atoms with Crippen LogP contribution in [-0.2, 0) is 6.18 Å². The molecular formula is C16H21F3N2O2. The number of urea groups is 1. The lowest BCUT2D eigenvalue weighted by Gasteiger charge is -2.21. The maximum atomic E-state index is 12.4. The van der Waals surface area contributed by atoms with Gasteiger partial charge in [-0.3, -0.25) is 0 Å². The third kappa shape index (κ3) is 5.65. The molecule has 0 bridgehead atoms. The van der Waals surface area contributed by atoms with Gasteiger partial charge in [-0.25, -0.2) is 4.79 Å². The van der Waals surface area contributed by atoms with Crippen LogP contribution in [0.2, 0.25) is 0 Å². The Balaban J connectivity index is 1.69. The van der Waals surface area contributed by atoms with Gasteiger partial charge in [0.15, 0.2) is 0 Å². The van der Waals surface area contributed by atoms with Crippen LogP contribution in [0.5, 0.6) is 5.75 Å². The molecule has 0 atom stereocenters. The highest BCUT2D eigenvalue weighted by molar-refractivity contribution is 5.74. The van der Waals surface area contributed by atoms with E-state index in [2.05, 4.69) is 5.32 Å². The summed E-state index contributed by atoms with van der Waals surface area (Å²) in [5, 5.41) is 2.75. The first-order valence-electron chi connectivity index (χ1n) is 7.73. The summed E-state index contributed by atoms with van der Waals surface area (Å²) in [6, 6.07) is 4.37. The summed E-state index contributed by atoms with van der Waals surface area (Å²) in [4.78, 5) is 13.7. The fourth-order valence-corrected chi connectivity index (χ4v) is 2.15. The Bertz CT molecular complexity index is 513. The minimum atomic E-state index is -4.35. The van der Waals surface area contributed by atoms with Crippen LogP contribution in [-0.4, -0.2) is 37.2 Å². The second-order valence-electron chi connectivity index (χ2n) is 5.58. The third-order valence-electron chi connectivity index (χ3n) is 3.67. The molecule has 1 N–H and O–H groups in total. The number of carbonyl (C=O) groups is 1. The molecular weight excluding hydrogens is 309 g/mol. The summed E-state index contributed by atoms with van der Waals surface area (Å²) in [7, 11) is 0. The van der Waals surface area contributed by atoms with E-state index in [1.54, 1.807) is 4.90 Å². The van der Waals surface area contributed by atoms with Gasteiger partial charge in [-0.15, -0.1) is 0 Å². The Labute approximate surface area is 133 Å². The largest absolute Gasteiger partial charge is 0.492 e. The summed E-state index contributed by atoms with van der Waals surface area (Å²) >= 11 is 0. The van der Waals surface area contributed by atoms with Crippen molar-refractivity contribution in [2.24, 2.45) is 5.92 Å². The van der Waals surface area contributed by atoms with Crippen LogP contribution in [0.1, 0.15) is 25.3 Å². The zero-order valence-electron chi connectivity index (χ0n) is 13.0. The number of amides is 2. The summed E-state index contributed by atoms with van der Waals surface area (Å²) in [5.41, 5.74) is -0.711. The highest BCUT2D eigenvalue weighted by Gasteiger charge is 2.30. The first-order valence-corrected chi connectivity index (χ1v) is 7.73. The molecule has 0 saturated heterocycles. The molecule has 23 heavy (non-hydrogen) atoms. The van der Waals surface area contributed by atoms with E-state index in [4.69, 9.17) is 4.74 Å². The van der Waals surface area contributed by atoms with E-state index in [1.165, 1.54) is 25.0 Å². The molecule has 0 unspecified atom stereocenters. The molecule has 128 valence electrons. The highest BCUT2D eigenvalue weighted by Crippen LogP contribution is 2.30. The van der Waals surface area contributed by atoms with Gasteiger partial charge in [-0.1, -0.05) is 0 Å². The number of alkyl halides is 3. The molecule has 7 heteroatoms. The topological polar surface area (TPSA) is 41.6 Å². The van der Waals surface area contributed by atoms with Crippen molar-refractivity contribution >= 4 is 6.03 Å². The Kier molecular flexibility index (Phi) is 5.74. The summed E-state index contributed by atoms with van der Waals surface area (Å²) in [6.45, 7) is 3.88. The van der Waals surface area contributed by atoms with Crippen molar-refractivity contribution in [3.63, 3.8) is 0 Å². The Hall–Kier alpha value is -1.92. The lowest BCUT2D eigenvalue weighted by atomic mass is 10.2. The van der Waals surface area contributed by atoms with Gasteiger partial charge in [0.25, 0.3) is 0 Å². The molecule has 0 aromatic heterocycles.